The van der Waals surface area contributed by atoms with Crippen LogP contribution in [0.2, 0.25) is 0 Å². The quantitative estimate of drug-likeness (QED) is 0.183. The summed E-state index contributed by atoms with van der Waals surface area (Å²) in [6.07, 6.45) is 10.6. The van der Waals surface area contributed by atoms with Crippen LogP contribution in [0.3, 0.4) is 0 Å². The number of carbonyl (C=O) groups excluding carboxylic acids is 2. The third kappa shape index (κ3) is 5.35. The van der Waals surface area contributed by atoms with Crippen molar-refractivity contribution >= 4 is 57.2 Å². The van der Waals surface area contributed by atoms with Gasteiger partial charge in [-0.25, -0.2) is 9.18 Å². The second kappa shape index (κ2) is 12.5. The summed E-state index contributed by atoms with van der Waals surface area (Å²) in [7, 11) is 3.13. The zero-order chi connectivity index (χ0) is 34.0. The minimum Gasteiger partial charge on any atom is -0.472 e. The Morgan fingerprint density at radius 3 is 2.61 bits per heavy atom. The molecular weight excluding hydrogens is 672 g/mol. The molecule has 0 spiro atoms. The smallest absolute Gasteiger partial charge is 0.340 e. The van der Waals surface area contributed by atoms with Crippen molar-refractivity contribution in [2.45, 2.75) is 36.8 Å². The number of hydrogen-bond acceptors (Lipinski definition) is 8. The molecule has 49 heavy (non-hydrogen) atoms. The number of amides is 1. The van der Waals surface area contributed by atoms with Crippen molar-refractivity contribution < 1.29 is 28.2 Å². The van der Waals surface area contributed by atoms with E-state index in [-0.39, 0.29) is 36.8 Å². The maximum absolute atomic E-state index is 15.9. The summed E-state index contributed by atoms with van der Waals surface area (Å²) in [5.74, 6) is -1.82. The van der Waals surface area contributed by atoms with Gasteiger partial charge in [0.2, 0.25) is 5.91 Å². The molecule has 1 aliphatic carbocycles. The van der Waals surface area contributed by atoms with Crippen molar-refractivity contribution in [2.75, 3.05) is 32.0 Å². The predicted octanol–water partition coefficient (Wildman–Crippen LogP) is 6.05. The lowest BCUT2D eigenvalue weighted by Crippen LogP contribution is -2.46. The van der Waals surface area contributed by atoms with Crippen LogP contribution in [0, 0.1) is 11.7 Å². The van der Waals surface area contributed by atoms with Crippen LogP contribution in [-0.2, 0) is 27.9 Å². The molecule has 1 amide bonds. The number of benzene rings is 2. The van der Waals surface area contributed by atoms with E-state index in [1.807, 2.05) is 19.2 Å². The first kappa shape index (κ1) is 31.8. The Bertz CT molecular complexity index is 2070. The lowest BCUT2D eigenvalue weighted by molar-refractivity contribution is -0.138. The van der Waals surface area contributed by atoms with E-state index in [2.05, 4.69) is 15.0 Å². The van der Waals surface area contributed by atoms with Gasteiger partial charge < -0.3 is 24.0 Å². The van der Waals surface area contributed by atoms with Crippen LogP contribution < -0.4 is 9.64 Å². The molecule has 252 valence electrons. The number of halogens is 3. The van der Waals surface area contributed by atoms with Gasteiger partial charge in [-0.05, 0) is 36.6 Å². The number of carbonyl (C=O) groups is 2. The van der Waals surface area contributed by atoms with Gasteiger partial charge in [-0.1, -0.05) is 35.9 Å². The molecule has 2 fully saturated rings. The molecule has 0 N–H and O–H groups in total. The Morgan fingerprint density at radius 2 is 1.86 bits per heavy atom. The van der Waals surface area contributed by atoms with Crippen LogP contribution in [0.25, 0.3) is 27.6 Å². The van der Waals surface area contributed by atoms with Gasteiger partial charge in [0, 0.05) is 45.9 Å². The van der Waals surface area contributed by atoms with Crippen molar-refractivity contribution in [3.05, 3.63) is 88.6 Å². The zero-order valence-electron chi connectivity index (χ0n) is 26.7. The van der Waals surface area contributed by atoms with Crippen molar-refractivity contribution in [1.82, 2.24) is 19.7 Å². The molecule has 5 heterocycles. The standard InChI is InChI=1S/C36H32Cl2FN5O5/c1-42-32-14-40-12-26(27(32)13-41-42)20-8-28(37)33(29(38)9-20)35(45)43-15-19-4-3-5-23(34(19)49-18-43)24-11-31(25(10-30(24)39)36(46)47-2)44-21-6-7-22(44)17-48-16-21/h3-5,8-14,21-22,28,33H,6-7,15-18H2,1-2H3. The van der Waals surface area contributed by atoms with Crippen molar-refractivity contribution in [3.8, 4) is 16.9 Å². The van der Waals surface area contributed by atoms with E-state index in [0.717, 1.165) is 34.9 Å². The number of esters is 1. The number of fused-ring (bicyclic) bond motifs is 4. The number of allylic oxidation sites excluding steroid dienone is 3. The normalized spacial score (nSPS) is 23.1. The minimum atomic E-state index is -0.823. The van der Waals surface area contributed by atoms with Gasteiger partial charge in [-0.3, -0.25) is 14.5 Å². The summed E-state index contributed by atoms with van der Waals surface area (Å²) < 4.78 is 34.7. The fourth-order valence-electron chi connectivity index (χ4n) is 7.52. The summed E-state index contributed by atoms with van der Waals surface area (Å²) >= 11 is 13.6. The maximum atomic E-state index is 15.9. The molecule has 13 heteroatoms. The molecule has 2 bridgehead atoms. The van der Waals surface area contributed by atoms with Gasteiger partial charge in [-0.15, -0.1) is 11.6 Å². The lowest BCUT2D eigenvalue weighted by Gasteiger charge is -2.38. The molecule has 3 aliphatic heterocycles. The molecule has 0 saturated carbocycles. The highest BCUT2D eigenvalue weighted by molar-refractivity contribution is 6.35. The monoisotopic (exact) mass is 703 g/mol. The number of methoxy groups -OCH3 is 1. The average molecular weight is 705 g/mol. The van der Waals surface area contributed by atoms with Crippen LogP contribution in [0.5, 0.6) is 5.75 Å². The van der Waals surface area contributed by atoms with E-state index in [1.54, 1.807) is 52.4 Å². The Labute approximate surface area is 291 Å². The number of aromatic nitrogens is 3. The van der Waals surface area contributed by atoms with Gasteiger partial charge >= 0.3 is 5.97 Å². The first-order chi connectivity index (χ1) is 23.7. The van der Waals surface area contributed by atoms with E-state index in [1.165, 1.54) is 13.2 Å². The second-order valence-electron chi connectivity index (χ2n) is 12.7. The summed E-state index contributed by atoms with van der Waals surface area (Å²) in [4.78, 5) is 34.8. The lowest BCUT2D eigenvalue weighted by atomic mass is 9.90. The maximum Gasteiger partial charge on any atom is 0.340 e. The molecule has 4 aliphatic rings. The van der Waals surface area contributed by atoms with Gasteiger partial charge in [0.15, 0.2) is 6.73 Å². The summed E-state index contributed by atoms with van der Waals surface area (Å²) in [5.41, 5.74) is 4.74. The summed E-state index contributed by atoms with van der Waals surface area (Å²) in [6.45, 7) is 1.21. The molecule has 10 nitrogen and oxygen atoms in total. The topological polar surface area (TPSA) is 99.0 Å². The number of para-hydroxylation sites is 1. The van der Waals surface area contributed by atoms with E-state index in [0.29, 0.717) is 46.4 Å². The Balaban J connectivity index is 1.07. The number of aryl methyl sites for hydroxylation is 1. The first-order valence-electron chi connectivity index (χ1n) is 16.0. The Hall–Kier alpha value is -4.45. The van der Waals surface area contributed by atoms with Crippen LogP contribution >= 0.6 is 23.2 Å². The minimum absolute atomic E-state index is 0.0784. The Morgan fingerprint density at radius 1 is 1.06 bits per heavy atom. The first-order valence-corrected chi connectivity index (χ1v) is 16.9. The molecular formula is C36H32Cl2FN5O5. The number of pyridine rings is 1. The third-order valence-corrected chi connectivity index (χ3v) is 10.7. The van der Waals surface area contributed by atoms with Crippen LogP contribution in [0.1, 0.15) is 34.3 Å². The average Bonchev–Trinajstić information content (AvgIpc) is 3.60. The largest absolute Gasteiger partial charge is 0.472 e. The number of ether oxygens (including phenoxy) is 3. The molecule has 8 rings (SSSR count). The van der Waals surface area contributed by atoms with E-state index >= 15 is 4.39 Å². The van der Waals surface area contributed by atoms with E-state index in [9.17, 15) is 9.59 Å². The molecule has 0 radical (unpaired) electrons. The number of alkyl halides is 1. The highest BCUT2D eigenvalue weighted by Crippen LogP contribution is 2.44. The van der Waals surface area contributed by atoms with Crippen LogP contribution in [0.4, 0.5) is 10.1 Å². The predicted molar refractivity (Wildman–Crippen MR) is 183 cm³/mol. The van der Waals surface area contributed by atoms with Gasteiger partial charge in [0.25, 0.3) is 0 Å². The number of nitrogens with zero attached hydrogens (tertiary/aromatic N) is 5. The fourth-order valence-corrected chi connectivity index (χ4v) is 8.31. The number of morpholine rings is 1. The Kier molecular flexibility index (Phi) is 8.08. The molecule has 4 atom stereocenters. The summed E-state index contributed by atoms with van der Waals surface area (Å²) in [5, 5.41) is 4.81. The van der Waals surface area contributed by atoms with E-state index < -0.39 is 23.1 Å². The van der Waals surface area contributed by atoms with Crippen LogP contribution in [0.15, 0.2) is 66.1 Å². The van der Waals surface area contributed by atoms with Crippen LogP contribution in [-0.4, -0.2) is 76.1 Å². The number of rotatable bonds is 5. The van der Waals surface area contributed by atoms with Gasteiger partial charge in [0.05, 0.1) is 79.4 Å². The van der Waals surface area contributed by atoms with Crippen molar-refractivity contribution in [3.63, 3.8) is 0 Å². The fraction of sp³-hybridized carbons (Fsp3) is 0.333. The number of hydrogen-bond donors (Lipinski definition) is 0. The van der Waals surface area contributed by atoms with Gasteiger partial charge in [-0.2, -0.15) is 5.10 Å². The van der Waals surface area contributed by atoms with E-state index in [4.69, 9.17) is 37.4 Å². The van der Waals surface area contributed by atoms with Crippen molar-refractivity contribution in [1.29, 1.82) is 0 Å². The highest BCUT2D eigenvalue weighted by atomic mass is 35.5. The van der Waals surface area contributed by atoms with Crippen molar-refractivity contribution in [2.24, 2.45) is 13.0 Å². The number of anilines is 1. The second-order valence-corrected chi connectivity index (χ2v) is 13.7. The van der Waals surface area contributed by atoms with Gasteiger partial charge in [0.1, 0.15) is 11.6 Å². The molecule has 2 saturated heterocycles. The third-order valence-electron chi connectivity index (χ3n) is 9.93. The SMILES string of the molecule is COC(=O)c1cc(F)c(-c2cccc3c2OCN(C(=O)C2C(Cl)=CC(c4cncc5c4cnn5C)=CC2Cl)C3)cc1N1C2CCC1COC2. The molecule has 2 aromatic carbocycles. The molecule has 4 unspecified atom stereocenters. The summed E-state index contributed by atoms with van der Waals surface area (Å²) in [6, 6.07) is 8.55. The highest BCUT2D eigenvalue weighted by Gasteiger charge is 2.41. The zero-order valence-corrected chi connectivity index (χ0v) is 28.2. The molecule has 4 aromatic rings. The molecule has 2 aromatic heterocycles.